The molecule has 0 radical (unpaired) electrons. The highest BCUT2D eigenvalue weighted by molar-refractivity contribution is 5.90. The lowest BCUT2D eigenvalue weighted by Gasteiger charge is -2.06. The quantitative estimate of drug-likeness (QED) is 0.777. The summed E-state index contributed by atoms with van der Waals surface area (Å²) in [7, 11) is 0. The lowest BCUT2D eigenvalue weighted by Crippen LogP contribution is -2.34. The maximum absolute atomic E-state index is 12.0. The van der Waals surface area contributed by atoms with E-state index in [9.17, 15) is 4.79 Å². The van der Waals surface area contributed by atoms with Crippen LogP contribution in [-0.2, 0) is 17.8 Å². The molecule has 2 aromatic rings. The van der Waals surface area contributed by atoms with Gasteiger partial charge in [-0.1, -0.05) is 25.5 Å². The van der Waals surface area contributed by atoms with Gasteiger partial charge in [0.1, 0.15) is 0 Å². The van der Waals surface area contributed by atoms with Crippen molar-refractivity contribution in [2.45, 2.75) is 46.1 Å². The molecule has 1 aromatic carbocycles. The molecule has 0 atom stereocenters. The number of hydrogen-bond acceptors (Lipinski definition) is 1. The summed E-state index contributed by atoms with van der Waals surface area (Å²) in [6.45, 7) is 4.95. The number of anilines is 1. The molecule has 0 aliphatic rings. The Bertz CT molecular complexity index is 588. The second kappa shape index (κ2) is 8.32. The van der Waals surface area contributed by atoms with Gasteiger partial charge in [0.2, 0.25) is 5.91 Å². The molecular weight excluding hydrogens is 272 g/mol. The van der Waals surface area contributed by atoms with Crippen molar-refractivity contribution in [2.24, 2.45) is 0 Å². The van der Waals surface area contributed by atoms with Crippen LogP contribution in [0.1, 0.15) is 37.3 Å². The average Bonchev–Trinajstić information content (AvgIpc) is 2.54. The third-order valence-corrected chi connectivity index (χ3v) is 3.71. The molecule has 2 rings (SSSR count). The molecule has 0 bridgehead atoms. The van der Waals surface area contributed by atoms with Gasteiger partial charge < -0.3 is 5.32 Å². The van der Waals surface area contributed by atoms with Crippen LogP contribution >= 0.6 is 0 Å². The van der Waals surface area contributed by atoms with Crippen molar-refractivity contribution in [1.29, 1.82) is 0 Å². The predicted molar refractivity (Wildman–Crippen MR) is 89.7 cm³/mol. The number of carbonyl (C=O) groups is 1. The van der Waals surface area contributed by atoms with E-state index in [0.29, 0.717) is 13.0 Å². The van der Waals surface area contributed by atoms with Crippen LogP contribution in [0.4, 0.5) is 5.69 Å². The van der Waals surface area contributed by atoms with Gasteiger partial charge in [-0.15, -0.1) is 0 Å². The van der Waals surface area contributed by atoms with Gasteiger partial charge in [-0.3, -0.25) is 4.79 Å². The summed E-state index contributed by atoms with van der Waals surface area (Å²) in [5, 5.41) is 2.95. The maximum atomic E-state index is 12.0. The van der Waals surface area contributed by atoms with Gasteiger partial charge in [0.15, 0.2) is 18.9 Å². The number of nitrogens with zero attached hydrogens (tertiary/aromatic N) is 1. The molecule has 1 amide bonds. The molecule has 22 heavy (non-hydrogen) atoms. The minimum atomic E-state index is 0.0504. The minimum Gasteiger partial charge on any atom is -0.326 e. The smallest absolute Gasteiger partial charge is 0.230 e. The highest BCUT2D eigenvalue weighted by Gasteiger charge is 2.07. The summed E-state index contributed by atoms with van der Waals surface area (Å²) in [5.74, 6) is 0.0504. The number of unbranched alkanes of at least 4 members (excludes halogenated alkanes) is 1. The van der Waals surface area contributed by atoms with Crippen LogP contribution in [0.3, 0.4) is 0 Å². The molecule has 0 aliphatic heterocycles. The van der Waals surface area contributed by atoms with Crippen LogP contribution in [0.5, 0.6) is 0 Å². The molecule has 0 spiro atoms. The fourth-order valence-corrected chi connectivity index (χ4v) is 2.27. The SMILES string of the molecule is CCCCc1ccc(NC(=O)CC[n+]2ccc(C)cc2)cc1. The first kappa shape index (κ1) is 16.2. The normalized spacial score (nSPS) is 10.5. The fourth-order valence-electron chi connectivity index (χ4n) is 2.27. The Morgan fingerprint density at radius 2 is 1.77 bits per heavy atom. The summed E-state index contributed by atoms with van der Waals surface area (Å²) in [6, 6.07) is 12.3. The summed E-state index contributed by atoms with van der Waals surface area (Å²) >= 11 is 0. The maximum Gasteiger partial charge on any atom is 0.230 e. The molecule has 3 heteroatoms. The number of rotatable bonds is 7. The van der Waals surface area contributed by atoms with E-state index in [1.165, 1.54) is 24.0 Å². The van der Waals surface area contributed by atoms with Gasteiger partial charge in [0.05, 0.1) is 6.42 Å². The lowest BCUT2D eigenvalue weighted by molar-refractivity contribution is -0.695. The van der Waals surface area contributed by atoms with Crippen molar-refractivity contribution in [2.75, 3.05) is 5.32 Å². The third-order valence-electron chi connectivity index (χ3n) is 3.71. The number of amides is 1. The largest absolute Gasteiger partial charge is 0.326 e. The molecule has 3 nitrogen and oxygen atoms in total. The van der Waals surface area contributed by atoms with E-state index in [4.69, 9.17) is 0 Å². The van der Waals surface area contributed by atoms with Crippen molar-refractivity contribution in [1.82, 2.24) is 0 Å². The Morgan fingerprint density at radius 3 is 2.41 bits per heavy atom. The Hall–Kier alpha value is -2.16. The van der Waals surface area contributed by atoms with Crippen molar-refractivity contribution >= 4 is 11.6 Å². The van der Waals surface area contributed by atoms with Gasteiger partial charge >= 0.3 is 0 Å². The zero-order chi connectivity index (χ0) is 15.8. The van der Waals surface area contributed by atoms with Gasteiger partial charge in [0.25, 0.3) is 0 Å². The van der Waals surface area contributed by atoms with Crippen molar-refractivity contribution in [3.63, 3.8) is 0 Å². The summed E-state index contributed by atoms with van der Waals surface area (Å²) in [5.41, 5.74) is 3.43. The number of aryl methyl sites for hydroxylation is 3. The first-order chi connectivity index (χ1) is 10.7. The zero-order valence-electron chi connectivity index (χ0n) is 13.5. The molecule has 1 heterocycles. The van der Waals surface area contributed by atoms with Crippen LogP contribution in [0, 0.1) is 6.92 Å². The topological polar surface area (TPSA) is 33.0 Å². The van der Waals surface area contributed by atoms with E-state index >= 15 is 0 Å². The zero-order valence-corrected chi connectivity index (χ0v) is 13.5. The number of hydrogen-bond donors (Lipinski definition) is 1. The van der Waals surface area contributed by atoms with Crippen LogP contribution in [0.2, 0.25) is 0 Å². The van der Waals surface area contributed by atoms with Crippen LogP contribution in [0.25, 0.3) is 0 Å². The van der Waals surface area contributed by atoms with Gasteiger partial charge in [0, 0.05) is 17.8 Å². The first-order valence-corrected chi connectivity index (χ1v) is 8.02. The minimum absolute atomic E-state index is 0.0504. The fraction of sp³-hybridized carbons (Fsp3) is 0.368. The summed E-state index contributed by atoms with van der Waals surface area (Å²) in [6.07, 6.45) is 8.00. The number of carbonyl (C=O) groups excluding carboxylic acids is 1. The summed E-state index contributed by atoms with van der Waals surface area (Å²) in [4.78, 5) is 12.0. The molecule has 0 aliphatic carbocycles. The number of pyridine rings is 1. The van der Waals surface area contributed by atoms with Crippen molar-refractivity contribution in [3.8, 4) is 0 Å². The van der Waals surface area contributed by atoms with E-state index in [0.717, 1.165) is 12.1 Å². The summed E-state index contributed by atoms with van der Waals surface area (Å²) < 4.78 is 2.03. The molecular formula is C19H25N2O+. The Morgan fingerprint density at radius 1 is 1.09 bits per heavy atom. The second-order valence-electron chi connectivity index (χ2n) is 5.71. The highest BCUT2D eigenvalue weighted by atomic mass is 16.1. The molecule has 0 fully saturated rings. The van der Waals surface area contributed by atoms with E-state index in [1.54, 1.807) is 0 Å². The third kappa shape index (κ3) is 5.32. The molecule has 0 saturated heterocycles. The Kier molecular flexibility index (Phi) is 6.13. The second-order valence-corrected chi connectivity index (χ2v) is 5.71. The van der Waals surface area contributed by atoms with E-state index < -0.39 is 0 Å². The van der Waals surface area contributed by atoms with Gasteiger partial charge in [-0.2, -0.15) is 0 Å². The lowest BCUT2D eigenvalue weighted by atomic mass is 10.1. The molecule has 1 N–H and O–H groups in total. The molecule has 0 unspecified atom stereocenters. The molecule has 1 aromatic heterocycles. The molecule has 0 saturated carbocycles. The van der Waals surface area contributed by atoms with Crippen molar-refractivity contribution < 1.29 is 9.36 Å². The van der Waals surface area contributed by atoms with Gasteiger partial charge in [-0.25, -0.2) is 4.57 Å². The number of nitrogens with one attached hydrogen (secondary N) is 1. The van der Waals surface area contributed by atoms with E-state index in [1.807, 2.05) is 41.2 Å². The predicted octanol–water partition coefficient (Wildman–Crippen LogP) is 3.65. The van der Waals surface area contributed by atoms with Crippen LogP contribution in [-0.4, -0.2) is 5.91 Å². The van der Waals surface area contributed by atoms with Crippen molar-refractivity contribution in [3.05, 3.63) is 59.9 Å². The van der Waals surface area contributed by atoms with Crippen LogP contribution in [0.15, 0.2) is 48.8 Å². The average molecular weight is 297 g/mol. The Balaban J connectivity index is 1.80. The number of benzene rings is 1. The monoisotopic (exact) mass is 297 g/mol. The highest BCUT2D eigenvalue weighted by Crippen LogP contribution is 2.12. The number of aromatic nitrogens is 1. The van der Waals surface area contributed by atoms with Crippen LogP contribution < -0.4 is 9.88 Å². The van der Waals surface area contributed by atoms with Gasteiger partial charge in [-0.05, 0) is 43.0 Å². The standard InChI is InChI=1S/C19H24N2O/c1-3-4-5-17-6-8-18(9-7-17)20-19(22)12-15-21-13-10-16(2)11-14-21/h6-11,13-14H,3-5,12,15H2,1-2H3/p+1. The first-order valence-electron chi connectivity index (χ1n) is 8.02. The Labute approximate surface area is 133 Å². The molecule has 116 valence electrons. The van der Waals surface area contributed by atoms with E-state index in [2.05, 4.69) is 31.3 Å². The van der Waals surface area contributed by atoms with E-state index in [-0.39, 0.29) is 5.91 Å².